The second-order valence-electron chi connectivity index (χ2n) is 6.71. The number of methoxy groups -OCH3 is 1. The zero-order valence-electron chi connectivity index (χ0n) is 14.0. The van der Waals surface area contributed by atoms with Crippen molar-refractivity contribution in [3.05, 3.63) is 11.9 Å². The first-order valence-electron chi connectivity index (χ1n) is 8.43. The number of hydrogen-bond acceptors (Lipinski definition) is 3. The van der Waals surface area contributed by atoms with Gasteiger partial charge in [0.2, 0.25) is 0 Å². The minimum Gasteiger partial charge on any atom is -0.493 e. The van der Waals surface area contributed by atoms with Crippen LogP contribution in [0.5, 0.6) is 5.75 Å². The SMILES string of the molecule is CCCC1CCC(CN)C(c2c(OC)cnn2C(C)C)C1. The quantitative estimate of drug-likeness (QED) is 0.869. The molecule has 0 radical (unpaired) electrons. The lowest BCUT2D eigenvalue weighted by molar-refractivity contribution is 0.216. The van der Waals surface area contributed by atoms with E-state index in [9.17, 15) is 0 Å². The van der Waals surface area contributed by atoms with Crippen molar-refractivity contribution in [3.8, 4) is 5.75 Å². The van der Waals surface area contributed by atoms with Gasteiger partial charge in [-0.15, -0.1) is 0 Å². The van der Waals surface area contributed by atoms with Crippen molar-refractivity contribution in [2.45, 2.75) is 64.8 Å². The van der Waals surface area contributed by atoms with Crippen LogP contribution in [0.2, 0.25) is 0 Å². The van der Waals surface area contributed by atoms with Gasteiger partial charge in [0.15, 0.2) is 5.75 Å². The summed E-state index contributed by atoms with van der Waals surface area (Å²) in [4.78, 5) is 0. The van der Waals surface area contributed by atoms with E-state index in [2.05, 4.69) is 30.6 Å². The van der Waals surface area contributed by atoms with Crippen LogP contribution in [0.15, 0.2) is 6.20 Å². The highest BCUT2D eigenvalue weighted by atomic mass is 16.5. The summed E-state index contributed by atoms with van der Waals surface area (Å²) in [6.45, 7) is 7.40. The Morgan fingerprint density at radius 3 is 2.76 bits per heavy atom. The van der Waals surface area contributed by atoms with E-state index in [0.717, 1.165) is 18.2 Å². The van der Waals surface area contributed by atoms with Gasteiger partial charge >= 0.3 is 0 Å². The summed E-state index contributed by atoms with van der Waals surface area (Å²) in [6.07, 6.45) is 8.25. The van der Waals surface area contributed by atoms with Crippen LogP contribution in [-0.2, 0) is 0 Å². The van der Waals surface area contributed by atoms with Gasteiger partial charge < -0.3 is 10.5 Å². The molecule has 0 aromatic carbocycles. The Kier molecular flexibility index (Phi) is 5.68. The molecule has 3 unspecified atom stereocenters. The van der Waals surface area contributed by atoms with Crippen LogP contribution < -0.4 is 10.5 Å². The van der Waals surface area contributed by atoms with Crippen molar-refractivity contribution in [2.75, 3.05) is 13.7 Å². The molecule has 1 aromatic rings. The van der Waals surface area contributed by atoms with Crippen LogP contribution in [0.25, 0.3) is 0 Å². The van der Waals surface area contributed by atoms with Crippen LogP contribution in [0.1, 0.15) is 70.5 Å². The molecule has 1 saturated carbocycles. The van der Waals surface area contributed by atoms with Crippen molar-refractivity contribution in [2.24, 2.45) is 17.6 Å². The maximum atomic E-state index is 6.07. The molecule has 120 valence electrons. The van der Waals surface area contributed by atoms with E-state index in [1.54, 1.807) is 7.11 Å². The first-order valence-corrected chi connectivity index (χ1v) is 8.43. The lowest BCUT2D eigenvalue weighted by Gasteiger charge is -2.36. The van der Waals surface area contributed by atoms with E-state index in [1.165, 1.54) is 37.8 Å². The number of rotatable bonds is 6. The van der Waals surface area contributed by atoms with Gasteiger partial charge in [0.1, 0.15) is 0 Å². The molecule has 2 rings (SSSR count). The third-order valence-corrected chi connectivity index (χ3v) is 4.96. The highest BCUT2D eigenvalue weighted by Crippen LogP contribution is 2.45. The molecule has 1 aliphatic rings. The number of aromatic nitrogens is 2. The molecule has 1 aliphatic carbocycles. The maximum Gasteiger partial charge on any atom is 0.160 e. The van der Waals surface area contributed by atoms with Crippen LogP contribution in [0.3, 0.4) is 0 Å². The van der Waals surface area contributed by atoms with Gasteiger partial charge in [-0.3, -0.25) is 4.68 Å². The summed E-state index contributed by atoms with van der Waals surface area (Å²) in [5.74, 6) is 2.80. The van der Waals surface area contributed by atoms with Gasteiger partial charge in [0.25, 0.3) is 0 Å². The second kappa shape index (κ2) is 7.30. The van der Waals surface area contributed by atoms with Crippen molar-refractivity contribution >= 4 is 0 Å². The summed E-state index contributed by atoms with van der Waals surface area (Å²) >= 11 is 0. The predicted octanol–water partition coefficient (Wildman–Crippen LogP) is 3.73. The summed E-state index contributed by atoms with van der Waals surface area (Å²) in [5, 5.41) is 4.55. The van der Waals surface area contributed by atoms with E-state index < -0.39 is 0 Å². The molecule has 1 heterocycles. The zero-order valence-corrected chi connectivity index (χ0v) is 14.0. The smallest absolute Gasteiger partial charge is 0.160 e. The molecule has 4 heteroatoms. The zero-order chi connectivity index (χ0) is 15.4. The average Bonchev–Trinajstić information content (AvgIpc) is 2.91. The Bertz CT molecular complexity index is 441. The molecule has 4 nitrogen and oxygen atoms in total. The lowest BCUT2D eigenvalue weighted by atomic mass is 9.71. The van der Waals surface area contributed by atoms with Crippen molar-refractivity contribution in [1.29, 1.82) is 0 Å². The maximum absolute atomic E-state index is 6.07. The van der Waals surface area contributed by atoms with Crippen molar-refractivity contribution in [3.63, 3.8) is 0 Å². The summed E-state index contributed by atoms with van der Waals surface area (Å²) in [7, 11) is 1.75. The number of hydrogen-bond donors (Lipinski definition) is 1. The number of nitrogens with zero attached hydrogens (tertiary/aromatic N) is 2. The van der Waals surface area contributed by atoms with Gasteiger partial charge in [-0.25, -0.2) is 0 Å². The number of ether oxygens (including phenoxy) is 1. The van der Waals surface area contributed by atoms with E-state index in [-0.39, 0.29) is 0 Å². The van der Waals surface area contributed by atoms with Crippen molar-refractivity contribution < 1.29 is 4.74 Å². The first-order chi connectivity index (χ1) is 10.1. The minimum atomic E-state index is 0.355. The van der Waals surface area contributed by atoms with Crippen LogP contribution in [-0.4, -0.2) is 23.4 Å². The second-order valence-corrected chi connectivity index (χ2v) is 6.71. The van der Waals surface area contributed by atoms with Gasteiger partial charge in [0, 0.05) is 12.0 Å². The Morgan fingerprint density at radius 2 is 2.19 bits per heavy atom. The number of nitrogens with two attached hydrogens (primary N) is 1. The average molecular weight is 293 g/mol. The van der Waals surface area contributed by atoms with Gasteiger partial charge in [-0.2, -0.15) is 5.10 Å². The summed E-state index contributed by atoms with van der Waals surface area (Å²) in [6, 6.07) is 0.355. The van der Waals surface area contributed by atoms with Gasteiger partial charge in [0.05, 0.1) is 19.0 Å². The Balaban J connectivity index is 2.33. The fourth-order valence-electron chi connectivity index (χ4n) is 3.89. The molecule has 0 spiro atoms. The van der Waals surface area contributed by atoms with E-state index >= 15 is 0 Å². The normalized spacial score (nSPS) is 26.3. The van der Waals surface area contributed by atoms with Crippen LogP contribution in [0.4, 0.5) is 0 Å². The largest absolute Gasteiger partial charge is 0.493 e. The molecule has 2 N–H and O–H groups in total. The third-order valence-electron chi connectivity index (χ3n) is 4.96. The highest BCUT2D eigenvalue weighted by molar-refractivity contribution is 5.30. The Hall–Kier alpha value is -1.03. The Labute approximate surface area is 129 Å². The van der Waals surface area contributed by atoms with E-state index in [4.69, 9.17) is 10.5 Å². The standard InChI is InChI=1S/C17H31N3O/c1-5-6-13-7-8-14(10-18)15(9-13)17-16(21-4)11-19-20(17)12(2)3/h11-15H,5-10,18H2,1-4H3. The first kappa shape index (κ1) is 16.3. The van der Waals surface area contributed by atoms with Crippen molar-refractivity contribution in [1.82, 2.24) is 9.78 Å². The fourth-order valence-corrected chi connectivity index (χ4v) is 3.89. The minimum absolute atomic E-state index is 0.355. The molecule has 3 atom stereocenters. The molecule has 1 aromatic heterocycles. The van der Waals surface area contributed by atoms with E-state index in [0.29, 0.717) is 17.9 Å². The molecule has 0 saturated heterocycles. The molecule has 21 heavy (non-hydrogen) atoms. The summed E-state index contributed by atoms with van der Waals surface area (Å²) in [5.41, 5.74) is 7.33. The lowest BCUT2D eigenvalue weighted by Crippen LogP contribution is -2.31. The van der Waals surface area contributed by atoms with Crippen LogP contribution in [0, 0.1) is 11.8 Å². The molecule has 0 amide bonds. The third kappa shape index (κ3) is 3.42. The monoisotopic (exact) mass is 293 g/mol. The molecule has 0 bridgehead atoms. The highest BCUT2D eigenvalue weighted by Gasteiger charge is 2.35. The molecular weight excluding hydrogens is 262 g/mol. The topological polar surface area (TPSA) is 53.1 Å². The van der Waals surface area contributed by atoms with Gasteiger partial charge in [-0.05, 0) is 45.1 Å². The molecule has 0 aliphatic heterocycles. The Morgan fingerprint density at radius 1 is 1.43 bits per heavy atom. The van der Waals surface area contributed by atoms with E-state index in [1.807, 2.05) is 6.20 Å². The van der Waals surface area contributed by atoms with Gasteiger partial charge in [-0.1, -0.05) is 26.2 Å². The van der Waals surface area contributed by atoms with Crippen LogP contribution >= 0.6 is 0 Å². The fraction of sp³-hybridized carbons (Fsp3) is 0.824. The molecule has 1 fully saturated rings. The predicted molar refractivity (Wildman–Crippen MR) is 86.7 cm³/mol. The molecular formula is C17H31N3O. The summed E-state index contributed by atoms with van der Waals surface area (Å²) < 4.78 is 7.73.